The van der Waals surface area contributed by atoms with Crippen LogP contribution in [0.3, 0.4) is 0 Å². The third-order valence-corrected chi connectivity index (χ3v) is 4.43. The number of pyridine rings is 1. The largest absolute Gasteiger partial charge is 0.497 e. The number of aryl methyl sites for hydroxylation is 1. The van der Waals surface area contributed by atoms with E-state index in [0.29, 0.717) is 0 Å². The summed E-state index contributed by atoms with van der Waals surface area (Å²) in [4.78, 5) is 18.3. The van der Waals surface area contributed by atoms with Crippen molar-refractivity contribution in [2.45, 2.75) is 19.8 Å². The topological polar surface area (TPSA) is 68.5 Å². The predicted octanol–water partition coefficient (Wildman–Crippen LogP) is 2.25. The molecule has 1 aromatic heterocycles. The van der Waals surface area contributed by atoms with Crippen LogP contribution in [0.5, 0.6) is 5.75 Å². The quantitative estimate of drug-likeness (QED) is 0.944. The molecule has 0 bridgehead atoms. The van der Waals surface area contributed by atoms with Gasteiger partial charge in [-0.15, -0.1) is 0 Å². The van der Waals surface area contributed by atoms with Crippen molar-refractivity contribution in [1.82, 2.24) is 4.98 Å². The maximum Gasteiger partial charge on any atom is 0.220 e. The number of carbonyl (C=O) groups excluding carboxylic acids is 1. The third-order valence-electron chi connectivity index (χ3n) is 4.43. The van der Waals surface area contributed by atoms with Crippen LogP contribution in [-0.2, 0) is 4.79 Å². The molecule has 0 unspecified atom stereocenters. The van der Waals surface area contributed by atoms with Gasteiger partial charge in [0.25, 0.3) is 0 Å². The number of hydrogen-bond donors (Lipinski definition) is 1. The molecule has 22 heavy (non-hydrogen) atoms. The Morgan fingerprint density at radius 1 is 1.32 bits per heavy atom. The van der Waals surface area contributed by atoms with Crippen LogP contribution in [0.1, 0.15) is 18.4 Å². The Bertz CT molecular complexity index is 706. The number of fused-ring (bicyclic) bond motifs is 1. The van der Waals surface area contributed by atoms with Crippen LogP contribution in [0.4, 0.5) is 5.82 Å². The van der Waals surface area contributed by atoms with Crippen LogP contribution >= 0.6 is 0 Å². The van der Waals surface area contributed by atoms with Gasteiger partial charge in [0, 0.05) is 30.5 Å². The van der Waals surface area contributed by atoms with Gasteiger partial charge in [0.2, 0.25) is 5.91 Å². The number of methoxy groups -OCH3 is 1. The minimum absolute atomic E-state index is 0.00195. The second-order valence-electron chi connectivity index (χ2n) is 5.84. The molecule has 0 radical (unpaired) electrons. The van der Waals surface area contributed by atoms with Crippen molar-refractivity contribution < 1.29 is 9.53 Å². The molecule has 1 aromatic carbocycles. The highest BCUT2D eigenvalue weighted by atomic mass is 16.5. The van der Waals surface area contributed by atoms with Gasteiger partial charge in [0.1, 0.15) is 11.6 Å². The van der Waals surface area contributed by atoms with Crippen LogP contribution in [0, 0.1) is 12.8 Å². The number of benzene rings is 1. The third kappa shape index (κ3) is 2.71. The summed E-state index contributed by atoms with van der Waals surface area (Å²) in [6.07, 6.45) is 1.60. The van der Waals surface area contributed by atoms with Crippen molar-refractivity contribution in [2.75, 3.05) is 25.1 Å². The Morgan fingerprint density at radius 2 is 2.05 bits per heavy atom. The molecule has 0 aliphatic carbocycles. The Labute approximate surface area is 130 Å². The highest BCUT2D eigenvalue weighted by Gasteiger charge is 2.24. The van der Waals surface area contributed by atoms with Crippen molar-refractivity contribution in [1.29, 1.82) is 0 Å². The maximum atomic E-state index is 11.3. The molecule has 0 atom stereocenters. The van der Waals surface area contributed by atoms with Gasteiger partial charge in [-0.1, -0.05) is 0 Å². The van der Waals surface area contributed by atoms with E-state index in [1.165, 1.54) is 5.56 Å². The van der Waals surface area contributed by atoms with E-state index in [0.717, 1.165) is 48.4 Å². The average molecular weight is 299 g/mol. The molecule has 1 amide bonds. The Balaban J connectivity index is 1.90. The van der Waals surface area contributed by atoms with Gasteiger partial charge in [0.05, 0.1) is 12.6 Å². The molecule has 0 saturated carbocycles. The molecular weight excluding hydrogens is 278 g/mol. The molecule has 116 valence electrons. The number of rotatable bonds is 3. The van der Waals surface area contributed by atoms with E-state index < -0.39 is 0 Å². The second-order valence-corrected chi connectivity index (χ2v) is 5.84. The van der Waals surface area contributed by atoms with Crippen molar-refractivity contribution in [2.24, 2.45) is 11.7 Å². The van der Waals surface area contributed by atoms with Crippen LogP contribution in [0.2, 0.25) is 0 Å². The van der Waals surface area contributed by atoms with E-state index in [2.05, 4.69) is 17.9 Å². The number of amides is 1. The fourth-order valence-corrected chi connectivity index (χ4v) is 3.05. The summed E-state index contributed by atoms with van der Waals surface area (Å²) < 4.78 is 5.28. The van der Waals surface area contributed by atoms with Crippen LogP contribution in [0.15, 0.2) is 24.3 Å². The zero-order valence-corrected chi connectivity index (χ0v) is 13.0. The van der Waals surface area contributed by atoms with Gasteiger partial charge in [-0.25, -0.2) is 4.98 Å². The Morgan fingerprint density at radius 3 is 2.68 bits per heavy atom. The molecule has 5 heteroatoms. The molecule has 2 heterocycles. The summed E-state index contributed by atoms with van der Waals surface area (Å²) in [5.41, 5.74) is 7.53. The fraction of sp³-hybridized carbons (Fsp3) is 0.412. The zero-order valence-electron chi connectivity index (χ0n) is 13.0. The summed E-state index contributed by atoms with van der Waals surface area (Å²) in [5, 5.41) is 1.14. The van der Waals surface area contributed by atoms with E-state index >= 15 is 0 Å². The lowest BCUT2D eigenvalue weighted by atomic mass is 9.96. The lowest BCUT2D eigenvalue weighted by Crippen LogP contribution is -2.38. The van der Waals surface area contributed by atoms with Crippen molar-refractivity contribution in [3.63, 3.8) is 0 Å². The first-order valence-corrected chi connectivity index (χ1v) is 7.58. The number of anilines is 1. The molecule has 1 fully saturated rings. The molecule has 1 saturated heterocycles. The molecule has 2 N–H and O–H groups in total. The molecule has 5 nitrogen and oxygen atoms in total. The number of primary amides is 1. The van der Waals surface area contributed by atoms with Crippen LogP contribution < -0.4 is 15.4 Å². The molecule has 1 aliphatic rings. The molecular formula is C17H21N3O2. The maximum absolute atomic E-state index is 11.3. The summed E-state index contributed by atoms with van der Waals surface area (Å²) in [7, 11) is 1.66. The SMILES string of the molecule is COc1ccc2c(C)cc(N3CCC(C(N)=O)CC3)nc2c1. The predicted molar refractivity (Wildman–Crippen MR) is 87.2 cm³/mol. The van der Waals surface area contributed by atoms with Crippen LogP contribution in [0.25, 0.3) is 10.9 Å². The van der Waals surface area contributed by atoms with E-state index in [9.17, 15) is 4.79 Å². The Kier molecular flexibility index (Phi) is 3.88. The van der Waals surface area contributed by atoms with Crippen molar-refractivity contribution in [3.05, 3.63) is 29.8 Å². The average Bonchev–Trinajstić information content (AvgIpc) is 2.54. The standard InChI is InChI=1S/C17H21N3O2/c1-11-9-16(20-7-5-12(6-8-20)17(18)21)19-15-10-13(22-2)3-4-14(11)15/h3-4,9-10,12H,5-8H2,1-2H3,(H2,18,21). The van der Waals surface area contributed by atoms with Gasteiger partial charge in [-0.05, 0) is 43.5 Å². The molecule has 3 rings (SSSR count). The number of hydrogen-bond acceptors (Lipinski definition) is 4. The number of aromatic nitrogens is 1. The first kappa shape index (κ1) is 14.6. The minimum atomic E-state index is -0.188. The number of nitrogens with zero attached hydrogens (tertiary/aromatic N) is 2. The summed E-state index contributed by atoms with van der Waals surface area (Å²) >= 11 is 0. The van der Waals surface area contributed by atoms with E-state index in [1.54, 1.807) is 7.11 Å². The van der Waals surface area contributed by atoms with Gasteiger partial charge in [0.15, 0.2) is 0 Å². The number of carbonyl (C=O) groups is 1. The van der Waals surface area contributed by atoms with Crippen molar-refractivity contribution in [3.8, 4) is 5.75 Å². The number of ether oxygens (including phenoxy) is 1. The van der Waals surface area contributed by atoms with Gasteiger partial charge in [-0.2, -0.15) is 0 Å². The van der Waals surface area contributed by atoms with Gasteiger partial charge < -0.3 is 15.4 Å². The monoisotopic (exact) mass is 299 g/mol. The normalized spacial score (nSPS) is 16.0. The zero-order chi connectivity index (χ0) is 15.7. The molecule has 0 spiro atoms. The molecule has 2 aromatic rings. The summed E-state index contributed by atoms with van der Waals surface area (Å²) in [6.45, 7) is 3.72. The number of nitrogens with two attached hydrogens (primary N) is 1. The minimum Gasteiger partial charge on any atom is -0.497 e. The van der Waals surface area contributed by atoms with Crippen molar-refractivity contribution >= 4 is 22.6 Å². The highest BCUT2D eigenvalue weighted by Crippen LogP contribution is 2.28. The van der Waals surface area contributed by atoms with Crippen LogP contribution in [-0.4, -0.2) is 31.1 Å². The fourth-order valence-electron chi connectivity index (χ4n) is 3.05. The lowest BCUT2D eigenvalue weighted by Gasteiger charge is -2.31. The molecule has 1 aliphatic heterocycles. The smallest absolute Gasteiger partial charge is 0.220 e. The van der Waals surface area contributed by atoms with E-state index in [1.807, 2.05) is 18.2 Å². The Hall–Kier alpha value is -2.30. The summed E-state index contributed by atoms with van der Waals surface area (Å²) in [5.74, 6) is 1.58. The van der Waals surface area contributed by atoms with E-state index in [4.69, 9.17) is 15.5 Å². The number of piperidine rings is 1. The first-order valence-electron chi connectivity index (χ1n) is 7.58. The first-order chi connectivity index (χ1) is 10.6. The van der Waals surface area contributed by atoms with Gasteiger partial charge in [-0.3, -0.25) is 4.79 Å². The second kappa shape index (κ2) is 5.83. The highest BCUT2D eigenvalue weighted by molar-refractivity contribution is 5.85. The van der Waals surface area contributed by atoms with Gasteiger partial charge >= 0.3 is 0 Å². The lowest BCUT2D eigenvalue weighted by molar-refractivity contribution is -0.122. The summed E-state index contributed by atoms with van der Waals surface area (Å²) in [6, 6.07) is 8.07. The van der Waals surface area contributed by atoms with E-state index in [-0.39, 0.29) is 11.8 Å².